The highest BCUT2D eigenvalue weighted by Gasteiger charge is 2.01. The molecule has 0 bridgehead atoms. The van der Waals surface area contributed by atoms with Crippen LogP contribution in [0.5, 0.6) is 0 Å². The van der Waals surface area contributed by atoms with Gasteiger partial charge in [-0.15, -0.1) is 12.4 Å². The molecule has 2 heterocycles. The van der Waals surface area contributed by atoms with Crippen molar-refractivity contribution in [2.24, 2.45) is 0 Å². The highest BCUT2D eigenvalue weighted by Crippen LogP contribution is 2.17. The van der Waals surface area contributed by atoms with Crippen LogP contribution in [0.3, 0.4) is 0 Å². The van der Waals surface area contributed by atoms with Gasteiger partial charge in [0.15, 0.2) is 0 Å². The normalized spacial score (nSPS) is 10.3. The van der Waals surface area contributed by atoms with Gasteiger partial charge in [0.25, 0.3) is 0 Å². The fourth-order valence-corrected chi connectivity index (χ4v) is 2.78. The lowest BCUT2D eigenvalue weighted by atomic mass is 10.2. The first-order valence-electron chi connectivity index (χ1n) is 5.96. The van der Waals surface area contributed by atoms with Crippen molar-refractivity contribution >= 4 is 29.8 Å². The summed E-state index contributed by atoms with van der Waals surface area (Å²) in [5.41, 5.74) is 3.53. The Balaban J connectivity index is 0.00000133. The summed E-state index contributed by atoms with van der Waals surface area (Å²) in [6.45, 7) is 0. The molecule has 0 atom stereocenters. The molecule has 19 heavy (non-hydrogen) atoms. The Bertz CT molecular complexity index is 604. The van der Waals surface area contributed by atoms with Crippen molar-refractivity contribution in [3.8, 4) is 0 Å². The summed E-state index contributed by atoms with van der Waals surface area (Å²) < 4.78 is 2.07. The minimum atomic E-state index is 0. The largest absolute Gasteiger partial charge is 0.307 e. The van der Waals surface area contributed by atoms with Gasteiger partial charge >= 0.3 is 0 Å². The van der Waals surface area contributed by atoms with Gasteiger partial charge in [-0.2, -0.15) is 11.8 Å². The van der Waals surface area contributed by atoms with Gasteiger partial charge in [-0.05, 0) is 17.7 Å². The lowest BCUT2D eigenvalue weighted by Crippen LogP contribution is -1.82. The number of rotatable bonds is 4. The van der Waals surface area contributed by atoms with Gasteiger partial charge in [0.05, 0.1) is 5.69 Å². The topological polar surface area (TPSA) is 17.3 Å². The van der Waals surface area contributed by atoms with Crippen LogP contribution in [-0.4, -0.2) is 9.38 Å². The molecule has 0 spiro atoms. The van der Waals surface area contributed by atoms with Gasteiger partial charge in [-0.3, -0.25) is 0 Å². The highest BCUT2D eigenvalue weighted by molar-refractivity contribution is 7.97. The number of fused-ring (bicyclic) bond motifs is 1. The number of benzene rings is 1. The van der Waals surface area contributed by atoms with E-state index in [1.807, 2.05) is 36.2 Å². The smallest absolute Gasteiger partial charge is 0.137 e. The maximum atomic E-state index is 4.59. The van der Waals surface area contributed by atoms with E-state index in [-0.39, 0.29) is 12.4 Å². The summed E-state index contributed by atoms with van der Waals surface area (Å²) in [5.74, 6) is 1.99. The van der Waals surface area contributed by atoms with Crippen LogP contribution < -0.4 is 0 Å². The fraction of sp³-hybridized carbons (Fsp3) is 0.133. The molecule has 0 aliphatic heterocycles. The monoisotopic (exact) mass is 290 g/mol. The van der Waals surface area contributed by atoms with Crippen LogP contribution in [0.2, 0.25) is 0 Å². The summed E-state index contributed by atoms with van der Waals surface area (Å²) >= 11 is 1.90. The zero-order valence-electron chi connectivity index (χ0n) is 10.4. The quantitative estimate of drug-likeness (QED) is 0.717. The van der Waals surface area contributed by atoms with E-state index in [0.29, 0.717) is 0 Å². The molecule has 0 saturated carbocycles. The Morgan fingerprint density at radius 3 is 2.53 bits per heavy atom. The Morgan fingerprint density at radius 1 is 0.947 bits per heavy atom. The molecule has 4 heteroatoms. The van der Waals surface area contributed by atoms with E-state index in [2.05, 4.69) is 45.9 Å². The summed E-state index contributed by atoms with van der Waals surface area (Å²) in [6, 6.07) is 16.6. The Morgan fingerprint density at radius 2 is 1.74 bits per heavy atom. The molecule has 0 aliphatic rings. The minimum absolute atomic E-state index is 0. The van der Waals surface area contributed by atoms with Crippen LogP contribution in [-0.2, 0) is 11.5 Å². The van der Waals surface area contributed by atoms with Crippen molar-refractivity contribution in [1.82, 2.24) is 9.38 Å². The average Bonchev–Trinajstić information content (AvgIpc) is 2.82. The third-order valence-corrected chi connectivity index (χ3v) is 3.81. The molecule has 0 radical (unpaired) electrons. The molecular weight excluding hydrogens is 276 g/mol. The van der Waals surface area contributed by atoms with E-state index in [1.165, 1.54) is 5.56 Å². The number of halogens is 1. The molecular formula is C15H15ClN2S. The standard InChI is InChI=1S/C15H14N2S.ClH/c1-2-6-13(7-3-1)11-18-12-14-10-17-9-5-4-8-15(17)16-14;/h1-10H,11-12H2;1H. The minimum Gasteiger partial charge on any atom is -0.307 e. The summed E-state index contributed by atoms with van der Waals surface area (Å²) in [5, 5.41) is 0. The molecule has 3 rings (SSSR count). The predicted octanol–water partition coefficient (Wildman–Crippen LogP) is 4.19. The predicted molar refractivity (Wildman–Crippen MR) is 83.9 cm³/mol. The second-order valence-corrected chi connectivity index (χ2v) is 5.16. The van der Waals surface area contributed by atoms with Crippen molar-refractivity contribution in [2.75, 3.05) is 0 Å². The molecule has 1 aromatic carbocycles. The van der Waals surface area contributed by atoms with Crippen LogP contribution in [0.15, 0.2) is 60.9 Å². The molecule has 0 saturated heterocycles. The van der Waals surface area contributed by atoms with E-state index in [4.69, 9.17) is 0 Å². The number of hydrogen-bond acceptors (Lipinski definition) is 2. The molecule has 0 amide bonds. The molecule has 2 aromatic heterocycles. The van der Waals surface area contributed by atoms with Gasteiger partial charge in [-0.25, -0.2) is 4.98 Å². The van der Waals surface area contributed by atoms with Crippen molar-refractivity contribution in [3.63, 3.8) is 0 Å². The zero-order valence-corrected chi connectivity index (χ0v) is 12.0. The molecule has 0 fully saturated rings. The maximum absolute atomic E-state index is 4.59. The van der Waals surface area contributed by atoms with Crippen molar-refractivity contribution < 1.29 is 0 Å². The van der Waals surface area contributed by atoms with E-state index in [0.717, 1.165) is 22.8 Å². The summed E-state index contributed by atoms with van der Waals surface area (Å²) in [6.07, 6.45) is 4.14. The third-order valence-electron chi connectivity index (χ3n) is 2.78. The number of imidazole rings is 1. The number of thioether (sulfide) groups is 1. The van der Waals surface area contributed by atoms with Crippen LogP contribution in [0.4, 0.5) is 0 Å². The zero-order chi connectivity index (χ0) is 12.2. The first-order valence-corrected chi connectivity index (χ1v) is 7.11. The van der Waals surface area contributed by atoms with Crippen LogP contribution in [0.1, 0.15) is 11.3 Å². The lowest BCUT2D eigenvalue weighted by molar-refractivity contribution is 1.18. The van der Waals surface area contributed by atoms with E-state index in [9.17, 15) is 0 Å². The second-order valence-electron chi connectivity index (χ2n) is 4.18. The maximum Gasteiger partial charge on any atom is 0.137 e. The molecule has 2 nitrogen and oxygen atoms in total. The van der Waals surface area contributed by atoms with Gasteiger partial charge < -0.3 is 4.40 Å². The van der Waals surface area contributed by atoms with Gasteiger partial charge in [0.2, 0.25) is 0 Å². The van der Waals surface area contributed by atoms with Crippen LogP contribution in [0.25, 0.3) is 5.65 Å². The molecule has 3 aromatic rings. The van der Waals surface area contributed by atoms with Crippen molar-refractivity contribution in [3.05, 3.63) is 72.2 Å². The Hall–Kier alpha value is -1.45. The van der Waals surface area contributed by atoms with Gasteiger partial charge in [-0.1, -0.05) is 36.4 Å². The van der Waals surface area contributed by atoms with Gasteiger partial charge in [0, 0.05) is 23.9 Å². The number of hydrogen-bond donors (Lipinski definition) is 0. The molecule has 0 unspecified atom stereocenters. The highest BCUT2D eigenvalue weighted by atomic mass is 35.5. The Kier molecular flexibility index (Phi) is 4.88. The number of aromatic nitrogens is 2. The SMILES string of the molecule is Cl.c1ccc(CSCc2cn3ccccc3n2)cc1. The van der Waals surface area contributed by atoms with Gasteiger partial charge in [0.1, 0.15) is 5.65 Å². The molecule has 0 aliphatic carbocycles. The molecule has 98 valence electrons. The lowest BCUT2D eigenvalue weighted by Gasteiger charge is -1.99. The molecule has 0 N–H and O–H groups in total. The number of pyridine rings is 1. The van der Waals surface area contributed by atoms with Crippen molar-refractivity contribution in [1.29, 1.82) is 0 Å². The first-order chi connectivity index (χ1) is 8.92. The average molecular weight is 291 g/mol. The Labute approximate surface area is 123 Å². The fourth-order valence-electron chi connectivity index (χ4n) is 1.90. The first kappa shape index (κ1) is 14.0. The van der Waals surface area contributed by atoms with Crippen molar-refractivity contribution in [2.45, 2.75) is 11.5 Å². The van der Waals surface area contributed by atoms with E-state index >= 15 is 0 Å². The number of nitrogens with zero attached hydrogens (tertiary/aromatic N) is 2. The summed E-state index contributed by atoms with van der Waals surface area (Å²) in [7, 11) is 0. The van der Waals surface area contributed by atoms with E-state index in [1.54, 1.807) is 0 Å². The van der Waals surface area contributed by atoms with Crippen LogP contribution >= 0.6 is 24.2 Å². The second kappa shape index (κ2) is 6.64. The van der Waals surface area contributed by atoms with E-state index < -0.39 is 0 Å². The van der Waals surface area contributed by atoms with Crippen LogP contribution in [0, 0.1) is 0 Å². The third kappa shape index (κ3) is 3.52. The summed E-state index contributed by atoms with van der Waals surface area (Å²) in [4.78, 5) is 4.59.